The molecule has 0 radical (unpaired) electrons. The molecule has 0 saturated carbocycles. The van der Waals surface area contributed by atoms with Gasteiger partial charge < -0.3 is 10.4 Å². The standard InChI is InChI=1S/C15H25N3O3/c1-4-16-15-13(7-5-8-14(15)18(20)21)11-17(12(2)3)9-6-10-19/h5,7-8,12,16,19H,4,6,9-11H2,1-3H3. The summed E-state index contributed by atoms with van der Waals surface area (Å²) in [5.74, 6) is 0. The van der Waals surface area contributed by atoms with Gasteiger partial charge >= 0.3 is 0 Å². The molecule has 0 atom stereocenters. The highest BCUT2D eigenvalue weighted by atomic mass is 16.6. The number of benzene rings is 1. The van der Waals surface area contributed by atoms with Crippen LogP contribution in [0.2, 0.25) is 0 Å². The van der Waals surface area contributed by atoms with E-state index in [2.05, 4.69) is 24.1 Å². The molecule has 21 heavy (non-hydrogen) atoms. The Morgan fingerprint density at radius 1 is 1.43 bits per heavy atom. The molecule has 6 nitrogen and oxygen atoms in total. The Labute approximate surface area is 125 Å². The first-order chi connectivity index (χ1) is 10.0. The first kappa shape index (κ1) is 17.4. The van der Waals surface area contributed by atoms with Crippen molar-refractivity contribution in [2.24, 2.45) is 0 Å². The summed E-state index contributed by atoms with van der Waals surface area (Å²) in [5, 5.41) is 23.3. The number of rotatable bonds is 9. The monoisotopic (exact) mass is 295 g/mol. The Morgan fingerprint density at radius 2 is 2.14 bits per heavy atom. The summed E-state index contributed by atoms with van der Waals surface area (Å²) in [7, 11) is 0. The zero-order valence-corrected chi connectivity index (χ0v) is 13.0. The van der Waals surface area contributed by atoms with Crippen LogP contribution in [0.25, 0.3) is 0 Å². The normalized spacial score (nSPS) is 11.1. The fourth-order valence-corrected chi connectivity index (χ4v) is 2.26. The lowest BCUT2D eigenvalue weighted by Crippen LogP contribution is -2.32. The van der Waals surface area contributed by atoms with E-state index in [1.54, 1.807) is 6.07 Å². The lowest BCUT2D eigenvalue weighted by atomic mass is 10.1. The van der Waals surface area contributed by atoms with Crippen LogP contribution in [0, 0.1) is 10.1 Å². The van der Waals surface area contributed by atoms with Crippen molar-refractivity contribution in [3.8, 4) is 0 Å². The maximum absolute atomic E-state index is 11.2. The molecule has 0 amide bonds. The topological polar surface area (TPSA) is 78.6 Å². The number of nitro benzene ring substituents is 1. The molecule has 1 aromatic rings. The Balaban J connectivity index is 3.04. The summed E-state index contributed by atoms with van der Waals surface area (Å²) in [5.41, 5.74) is 1.62. The lowest BCUT2D eigenvalue weighted by Gasteiger charge is -2.27. The second-order valence-corrected chi connectivity index (χ2v) is 5.24. The van der Waals surface area contributed by atoms with Gasteiger partial charge in [0.15, 0.2) is 0 Å². The third-order valence-electron chi connectivity index (χ3n) is 3.39. The second-order valence-electron chi connectivity index (χ2n) is 5.24. The smallest absolute Gasteiger partial charge is 0.292 e. The van der Waals surface area contributed by atoms with E-state index in [1.165, 1.54) is 6.07 Å². The number of aliphatic hydroxyl groups excluding tert-OH is 1. The van der Waals surface area contributed by atoms with Gasteiger partial charge in [-0.1, -0.05) is 12.1 Å². The number of hydrogen-bond donors (Lipinski definition) is 2. The van der Waals surface area contributed by atoms with Crippen LogP contribution in [0.1, 0.15) is 32.8 Å². The molecule has 2 N–H and O–H groups in total. The summed E-state index contributed by atoms with van der Waals surface area (Å²) in [6.07, 6.45) is 0.698. The minimum absolute atomic E-state index is 0.111. The summed E-state index contributed by atoms with van der Waals surface area (Å²) in [4.78, 5) is 13.0. The van der Waals surface area contributed by atoms with Crippen LogP contribution in [0.3, 0.4) is 0 Å². The molecular formula is C15H25N3O3. The van der Waals surface area contributed by atoms with Gasteiger partial charge in [-0.25, -0.2) is 0 Å². The van der Waals surface area contributed by atoms with Crippen LogP contribution in [0.15, 0.2) is 18.2 Å². The van der Waals surface area contributed by atoms with Crippen molar-refractivity contribution in [3.63, 3.8) is 0 Å². The zero-order chi connectivity index (χ0) is 15.8. The van der Waals surface area contributed by atoms with Crippen LogP contribution in [-0.4, -0.2) is 40.7 Å². The van der Waals surface area contributed by atoms with Crippen LogP contribution in [-0.2, 0) is 6.54 Å². The largest absolute Gasteiger partial charge is 0.396 e. The first-order valence-electron chi connectivity index (χ1n) is 7.36. The Morgan fingerprint density at radius 3 is 2.67 bits per heavy atom. The van der Waals surface area contributed by atoms with E-state index in [0.29, 0.717) is 31.2 Å². The summed E-state index contributed by atoms with van der Waals surface area (Å²) < 4.78 is 0. The number of anilines is 1. The van der Waals surface area contributed by atoms with Gasteiger partial charge in [0, 0.05) is 38.3 Å². The predicted octanol–water partition coefficient (Wildman–Crippen LogP) is 2.62. The molecule has 118 valence electrons. The molecule has 0 heterocycles. The Hall–Kier alpha value is -1.66. The SMILES string of the molecule is CCNc1c(CN(CCCO)C(C)C)cccc1[N+](=O)[O-]. The molecule has 1 aromatic carbocycles. The van der Waals surface area contributed by atoms with Crippen LogP contribution < -0.4 is 5.32 Å². The number of aliphatic hydroxyl groups is 1. The number of nitrogens with zero attached hydrogens (tertiary/aromatic N) is 2. The molecule has 0 spiro atoms. The van der Waals surface area contributed by atoms with Gasteiger partial charge in [0.05, 0.1) is 4.92 Å². The van der Waals surface area contributed by atoms with Gasteiger partial charge in [-0.3, -0.25) is 15.0 Å². The van der Waals surface area contributed by atoms with Crippen molar-refractivity contribution in [3.05, 3.63) is 33.9 Å². The zero-order valence-electron chi connectivity index (χ0n) is 13.0. The molecule has 1 rings (SSSR count). The van der Waals surface area contributed by atoms with Gasteiger partial charge in [0.1, 0.15) is 5.69 Å². The number of hydrogen-bond acceptors (Lipinski definition) is 5. The van der Waals surface area contributed by atoms with Crippen LogP contribution in [0.4, 0.5) is 11.4 Å². The molecule has 0 aliphatic heterocycles. The first-order valence-corrected chi connectivity index (χ1v) is 7.36. The minimum atomic E-state index is -0.352. The molecule has 0 bridgehead atoms. The van der Waals surface area contributed by atoms with E-state index in [-0.39, 0.29) is 17.2 Å². The maximum atomic E-state index is 11.2. The number of nitro groups is 1. The summed E-state index contributed by atoms with van der Waals surface area (Å²) in [6.45, 7) is 8.27. The van der Waals surface area contributed by atoms with Gasteiger partial charge in [-0.2, -0.15) is 0 Å². The van der Waals surface area contributed by atoms with Crippen molar-refractivity contribution in [1.82, 2.24) is 4.90 Å². The van der Waals surface area contributed by atoms with E-state index in [1.807, 2.05) is 13.0 Å². The Kier molecular flexibility index (Phi) is 7.11. The van der Waals surface area contributed by atoms with Crippen molar-refractivity contribution >= 4 is 11.4 Å². The van der Waals surface area contributed by atoms with E-state index < -0.39 is 0 Å². The van der Waals surface area contributed by atoms with E-state index >= 15 is 0 Å². The minimum Gasteiger partial charge on any atom is -0.396 e. The molecule has 0 aliphatic rings. The highest BCUT2D eigenvalue weighted by molar-refractivity contribution is 5.66. The van der Waals surface area contributed by atoms with Crippen LogP contribution >= 0.6 is 0 Å². The van der Waals surface area contributed by atoms with Gasteiger partial charge in [0.2, 0.25) is 0 Å². The Bertz CT molecular complexity index is 463. The van der Waals surface area contributed by atoms with Gasteiger partial charge in [0.25, 0.3) is 5.69 Å². The predicted molar refractivity (Wildman–Crippen MR) is 84.5 cm³/mol. The van der Waals surface area contributed by atoms with Crippen molar-refractivity contribution in [2.45, 2.75) is 39.8 Å². The highest BCUT2D eigenvalue weighted by Crippen LogP contribution is 2.29. The van der Waals surface area contributed by atoms with Crippen molar-refractivity contribution < 1.29 is 10.0 Å². The van der Waals surface area contributed by atoms with Crippen LogP contribution in [0.5, 0.6) is 0 Å². The van der Waals surface area contributed by atoms with E-state index in [4.69, 9.17) is 5.11 Å². The van der Waals surface area contributed by atoms with E-state index in [0.717, 1.165) is 12.1 Å². The molecule has 0 unspecified atom stereocenters. The average Bonchev–Trinajstić information content (AvgIpc) is 2.44. The summed E-state index contributed by atoms with van der Waals surface area (Å²) >= 11 is 0. The number of para-hydroxylation sites is 1. The summed E-state index contributed by atoms with van der Waals surface area (Å²) in [6, 6.07) is 5.47. The lowest BCUT2D eigenvalue weighted by molar-refractivity contribution is -0.384. The maximum Gasteiger partial charge on any atom is 0.292 e. The third-order valence-corrected chi connectivity index (χ3v) is 3.39. The van der Waals surface area contributed by atoms with Gasteiger partial charge in [-0.05, 0) is 32.8 Å². The fraction of sp³-hybridized carbons (Fsp3) is 0.600. The molecule has 0 aromatic heterocycles. The van der Waals surface area contributed by atoms with Crippen molar-refractivity contribution in [2.75, 3.05) is 25.0 Å². The average molecular weight is 295 g/mol. The molecular weight excluding hydrogens is 270 g/mol. The molecule has 0 fully saturated rings. The quantitative estimate of drug-likeness (QED) is 0.541. The van der Waals surface area contributed by atoms with Gasteiger partial charge in [-0.15, -0.1) is 0 Å². The molecule has 6 heteroatoms. The second kappa shape index (κ2) is 8.59. The molecule has 0 saturated heterocycles. The fourth-order valence-electron chi connectivity index (χ4n) is 2.26. The molecule has 0 aliphatic carbocycles. The number of nitrogens with one attached hydrogen (secondary N) is 1. The van der Waals surface area contributed by atoms with E-state index in [9.17, 15) is 10.1 Å². The van der Waals surface area contributed by atoms with Crippen molar-refractivity contribution in [1.29, 1.82) is 0 Å². The third kappa shape index (κ3) is 4.99. The highest BCUT2D eigenvalue weighted by Gasteiger charge is 2.19.